The molecule has 0 aliphatic heterocycles. The second-order valence-corrected chi connectivity index (χ2v) is 5.25. The van der Waals surface area contributed by atoms with Crippen LogP contribution in [-0.4, -0.2) is 34.8 Å². The van der Waals surface area contributed by atoms with Crippen molar-refractivity contribution in [3.8, 4) is 5.75 Å². The van der Waals surface area contributed by atoms with Crippen LogP contribution >= 0.6 is 23.2 Å². The van der Waals surface area contributed by atoms with Crippen LogP contribution in [0.15, 0.2) is 41.8 Å². The first kappa shape index (κ1) is 17.7. The molecule has 7 nitrogen and oxygen atoms in total. The standard InChI is InChI=1S/C15H11Cl2N3O4/c16-11-5-9(6-12(17)14(11)24-8-13(21)22)7-19-20-15(23)10-1-3-18-4-2-10/h1-7H,8H2,(H,20,23)(H,21,22)/b19-7+. The van der Waals surface area contributed by atoms with Crippen LogP contribution in [0, 0.1) is 0 Å². The zero-order valence-electron chi connectivity index (χ0n) is 12.1. The minimum atomic E-state index is -1.15. The summed E-state index contributed by atoms with van der Waals surface area (Å²) in [5, 5.41) is 12.7. The number of rotatable bonds is 6. The number of benzene rings is 1. The van der Waals surface area contributed by atoms with Gasteiger partial charge < -0.3 is 9.84 Å². The quantitative estimate of drug-likeness (QED) is 0.603. The molecule has 0 atom stereocenters. The molecule has 124 valence electrons. The number of carbonyl (C=O) groups excluding carboxylic acids is 1. The first-order chi connectivity index (χ1) is 11.5. The van der Waals surface area contributed by atoms with Crippen molar-refractivity contribution in [2.24, 2.45) is 5.10 Å². The van der Waals surface area contributed by atoms with E-state index in [0.29, 0.717) is 11.1 Å². The van der Waals surface area contributed by atoms with Crippen LogP contribution in [0.4, 0.5) is 0 Å². The van der Waals surface area contributed by atoms with Crippen molar-refractivity contribution in [3.05, 3.63) is 57.8 Å². The molecular formula is C15H11Cl2N3O4. The Labute approximate surface area is 146 Å². The number of carboxylic acid groups (broad SMARTS) is 1. The first-order valence-corrected chi connectivity index (χ1v) is 7.30. The summed E-state index contributed by atoms with van der Waals surface area (Å²) in [6.07, 6.45) is 4.33. The van der Waals surface area contributed by atoms with E-state index in [9.17, 15) is 9.59 Å². The molecule has 1 heterocycles. The second-order valence-electron chi connectivity index (χ2n) is 4.43. The van der Waals surface area contributed by atoms with Crippen LogP contribution in [0.5, 0.6) is 5.75 Å². The number of pyridine rings is 1. The molecule has 0 fully saturated rings. The number of carbonyl (C=O) groups is 2. The molecule has 1 amide bonds. The van der Waals surface area contributed by atoms with Crippen molar-refractivity contribution in [1.82, 2.24) is 10.4 Å². The Bertz CT molecular complexity index is 759. The van der Waals surface area contributed by atoms with E-state index in [1.165, 1.54) is 30.7 Å². The lowest BCUT2D eigenvalue weighted by Crippen LogP contribution is -2.17. The fraction of sp³-hybridized carbons (Fsp3) is 0.0667. The average Bonchev–Trinajstić information content (AvgIpc) is 2.54. The first-order valence-electron chi connectivity index (χ1n) is 6.54. The number of amides is 1. The summed E-state index contributed by atoms with van der Waals surface area (Å²) in [6.45, 7) is -0.561. The number of nitrogens with zero attached hydrogens (tertiary/aromatic N) is 2. The van der Waals surface area contributed by atoms with Gasteiger partial charge in [0, 0.05) is 18.0 Å². The molecule has 0 saturated heterocycles. The molecule has 2 rings (SSSR count). The normalized spacial score (nSPS) is 10.6. The molecule has 0 saturated carbocycles. The number of hydrazone groups is 1. The number of carboxylic acids is 1. The molecule has 0 aliphatic rings. The number of aliphatic carboxylic acids is 1. The minimum absolute atomic E-state index is 0.0682. The SMILES string of the molecule is O=C(O)COc1c(Cl)cc(/C=N/NC(=O)c2ccncc2)cc1Cl. The lowest BCUT2D eigenvalue weighted by atomic mass is 10.2. The van der Waals surface area contributed by atoms with Crippen LogP contribution < -0.4 is 10.2 Å². The molecule has 1 aromatic heterocycles. The van der Waals surface area contributed by atoms with E-state index in [0.717, 1.165) is 0 Å². The number of nitrogens with one attached hydrogen (secondary N) is 1. The van der Waals surface area contributed by atoms with Crippen molar-refractivity contribution in [3.63, 3.8) is 0 Å². The van der Waals surface area contributed by atoms with Crippen LogP contribution in [0.1, 0.15) is 15.9 Å². The van der Waals surface area contributed by atoms with Gasteiger partial charge in [0.05, 0.1) is 16.3 Å². The third kappa shape index (κ3) is 4.94. The Morgan fingerprint density at radius 2 is 1.88 bits per heavy atom. The van der Waals surface area contributed by atoms with Crippen molar-refractivity contribution >= 4 is 41.3 Å². The number of ether oxygens (including phenoxy) is 1. The maximum Gasteiger partial charge on any atom is 0.341 e. The molecular weight excluding hydrogens is 357 g/mol. The van der Waals surface area contributed by atoms with Gasteiger partial charge in [0.1, 0.15) is 0 Å². The molecule has 24 heavy (non-hydrogen) atoms. The monoisotopic (exact) mass is 367 g/mol. The number of hydrogen-bond acceptors (Lipinski definition) is 5. The largest absolute Gasteiger partial charge is 0.479 e. The van der Waals surface area contributed by atoms with E-state index < -0.39 is 18.5 Å². The van der Waals surface area contributed by atoms with Gasteiger partial charge in [0.2, 0.25) is 0 Å². The third-order valence-electron chi connectivity index (χ3n) is 2.68. The van der Waals surface area contributed by atoms with E-state index >= 15 is 0 Å². The summed E-state index contributed by atoms with van der Waals surface area (Å²) >= 11 is 12.0. The highest BCUT2D eigenvalue weighted by Gasteiger charge is 2.11. The number of halogens is 2. The molecule has 0 spiro atoms. The average molecular weight is 368 g/mol. The lowest BCUT2D eigenvalue weighted by molar-refractivity contribution is -0.139. The number of hydrogen-bond donors (Lipinski definition) is 2. The van der Waals surface area contributed by atoms with Crippen LogP contribution in [0.25, 0.3) is 0 Å². The predicted molar refractivity (Wildman–Crippen MR) is 88.9 cm³/mol. The minimum Gasteiger partial charge on any atom is -0.479 e. The Kier molecular flexibility index (Phi) is 6.11. The Morgan fingerprint density at radius 3 is 2.46 bits per heavy atom. The highest BCUT2D eigenvalue weighted by Crippen LogP contribution is 2.33. The third-order valence-corrected chi connectivity index (χ3v) is 3.24. The fourth-order valence-electron chi connectivity index (χ4n) is 1.66. The van der Waals surface area contributed by atoms with Crippen LogP contribution in [0.2, 0.25) is 10.0 Å². The van der Waals surface area contributed by atoms with Gasteiger partial charge in [-0.25, -0.2) is 10.2 Å². The van der Waals surface area contributed by atoms with Gasteiger partial charge in [-0.3, -0.25) is 9.78 Å². The van der Waals surface area contributed by atoms with E-state index in [1.807, 2.05) is 0 Å². The second kappa shape index (κ2) is 8.28. The Balaban J connectivity index is 2.05. The van der Waals surface area contributed by atoms with Gasteiger partial charge in [-0.15, -0.1) is 0 Å². The summed E-state index contributed by atoms with van der Waals surface area (Å²) in [4.78, 5) is 26.1. The van der Waals surface area contributed by atoms with Gasteiger partial charge >= 0.3 is 5.97 Å². The van der Waals surface area contributed by atoms with Crippen LogP contribution in [0.3, 0.4) is 0 Å². The zero-order valence-corrected chi connectivity index (χ0v) is 13.6. The molecule has 0 radical (unpaired) electrons. The summed E-state index contributed by atoms with van der Waals surface area (Å²) in [6, 6.07) is 6.06. The van der Waals surface area contributed by atoms with E-state index in [4.69, 9.17) is 33.0 Å². The summed E-state index contributed by atoms with van der Waals surface area (Å²) < 4.78 is 5.00. The summed E-state index contributed by atoms with van der Waals surface area (Å²) in [5.74, 6) is -1.47. The van der Waals surface area contributed by atoms with Crippen molar-refractivity contribution in [2.75, 3.05) is 6.61 Å². The molecule has 0 aliphatic carbocycles. The van der Waals surface area contributed by atoms with Gasteiger partial charge in [-0.2, -0.15) is 5.10 Å². The molecule has 9 heteroatoms. The van der Waals surface area contributed by atoms with Gasteiger partial charge in [0.15, 0.2) is 12.4 Å². The predicted octanol–water partition coefficient (Wildman–Crippen LogP) is 2.62. The molecule has 0 unspecified atom stereocenters. The molecule has 1 aromatic carbocycles. The van der Waals surface area contributed by atoms with Crippen molar-refractivity contribution < 1.29 is 19.4 Å². The lowest BCUT2D eigenvalue weighted by Gasteiger charge is -2.08. The van der Waals surface area contributed by atoms with E-state index in [-0.39, 0.29) is 15.8 Å². The van der Waals surface area contributed by atoms with Gasteiger partial charge in [-0.05, 0) is 29.8 Å². The Hall–Kier alpha value is -2.64. The highest BCUT2D eigenvalue weighted by molar-refractivity contribution is 6.37. The molecule has 2 aromatic rings. The van der Waals surface area contributed by atoms with Crippen molar-refractivity contribution in [2.45, 2.75) is 0 Å². The smallest absolute Gasteiger partial charge is 0.341 e. The zero-order chi connectivity index (χ0) is 17.5. The van der Waals surface area contributed by atoms with E-state index in [2.05, 4.69) is 15.5 Å². The summed E-state index contributed by atoms with van der Waals surface area (Å²) in [5.41, 5.74) is 3.26. The highest BCUT2D eigenvalue weighted by atomic mass is 35.5. The van der Waals surface area contributed by atoms with E-state index in [1.54, 1.807) is 12.1 Å². The van der Waals surface area contributed by atoms with Crippen molar-refractivity contribution in [1.29, 1.82) is 0 Å². The number of aromatic nitrogens is 1. The molecule has 2 N–H and O–H groups in total. The van der Waals surface area contributed by atoms with Gasteiger partial charge in [-0.1, -0.05) is 23.2 Å². The molecule has 0 bridgehead atoms. The topological polar surface area (TPSA) is 101 Å². The Morgan fingerprint density at radius 1 is 1.25 bits per heavy atom. The maximum absolute atomic E-state index is 11.8. The van der Waals surface area contributed by atoms with Crippen LogP contribution in [-0.2, 0) is 4.79 Å². The summed E-state index contributed by atoms with van der Waals surface area (Å²) in [7, 11) is 0. The fourth-order valence-corrected chi connectivity index (χ4v) is 2.27. The maximum atomic E-state index is 11.8. The van der Waals surface area contributed by atoms with Gasteiger partial charge in [0.25, 0.3) is 5.91 Å².